The van der Waals surface area contributed by atoms with Crippen molar-refractivity contribution in [3.05, 3.63) is 103 Å². The predicted molar refractivity (Wildman–Crippen MR) is 240 cm³/mol. The average molecular weight is 1200 g/mol. The number of nitrogens with one attached hydrogen (secondary N) is 2. The largest absolute Gasteiger partial charge is 1.00 e. The summed E-state index contributed by atoms with van der Waals surface area (Å²) in [5.41, 5.74) is 4.79. The summed E-state index contributed by atoms with van der Waals surface area (Å²) in [7, 11) is 31.1. The summed E-state index contributed by atoms with van der Waals surface area (Å²) < 4.78 is 11.6. The van der Waals surface area contributed by atoms with Gasteiger partial charge in [-0.2, -0.15) is 0 Å². The van der Waals surface area contributed by atoms with Crippen LogP contribution in [-0.4, -0.2) is 130 Å². The first-order valence-electron chi connectivity index (χ1n) is 18.1. The van der Waals surface area contributed by atoms with Crippen molar-refractivity contribution in [2.75, 3.05) is 17.7 Å². The van der Waals surface area contributed by atoms with E-state index in [0.717, 1.165) is 42.3 Å². The second kappa shape index (κ2) is 26.9. The fraction of sp³-hybridized carbons (Fsp3) is 0.286. The second-order valence-electron chi connectivity index (χ2n) is 14.0. The van der Waals surface area contributed by atoms with Crippen LogP contribution in [0.4, 0.5) is 11.6 Å². The summed E-state index contributed by atoms with van der Waals surface area (Å²) in [5, 5.41) is 14.2. The summed E-state index contributed by atoms with van der Waals surface area (Å²) in [4.78, 5) is 77.3. The summed E-state index contributed by atoms with van der Waals surface area (Å²) in [5.74, 6) is 0.166. The number of anilines is 2. The third-order valence-electron chi connectivity index (χ3n) is 9.42. The van der Waals surface area contributed by atoms with Crippen LogP contribution in [0.5, 0.6) is 0 Å². The Balaban J connectivity index is 0.000000486. The number of carbonyl (C=O) groups is 5. The van der Waals surface area contributed by atoms with E-state index in [0.29, 0.717) is 37.3 Å². The van der Waals surface area contributed by atoms with Crippen molar-refractivity contribution in [1.29, 1.82) is 0 Å². The number of hydrogen-bond acceptors (Lipinski definition) is 13. The van der Waals surface area contributed by atoms with Crippen molar-refractivity contribution >= 4 is 140 Å². The quantitative estimate of drug-likeness (QED) is 0.0628. The number of esters is 2. The van der Waals surface area contributed by atoms with Gasteiger partial charge in [0.25, 0.3) is 6.47 Å². The molecule has 15 nitrogen and oxygen atoms in total. The first-order chi connectivity index (χ1) is 28.8. The number of rotatable bonds is 5. The molecule has 63 heavy (non-hydrogen) atoms. The van der Waals surface area contributed by atoms with Gasteiger partial charge in [-0.3, -0.25) is 14.4 Å². The Hall–Kier alpha value is -0.442. The SMILES string of the molecule is CC(C)OC(=O)c1cc2c(cn1)C[C@]1(C2)C(=O)Nc2ncc(Br)cc21.COC(=O)c1cc2c(cn1)C[C@]1(C2)C(=O)Nc2ncc(Br)cc21.O=CO[O-].[B]B([B])[B].[B][B]B([B])[B].[Cs+].[Cs+].[H-]. The summed E-state index contributed by atoms with van der Waals surface area (Å²) in [6.07, 6.45) is 7.47. The molecule has 28 heteroatoms. The number of nitrogens with zero attached hydrogens (tertiary/aromatic N) is 4. The zero-order valence-electron chi connectivity index (χ0n) is 36.0. The molecule has 2 N–H and O–H groups in total. The van der Waals surface area contributed by atoms with Gasteiger partial charge in [-0.1, -0.05) is 0 Å². The average Bonchev–Trinajstić information content (AvgIpc) is 3.94. The molecule has 0 aromatic carbocycles. The molecule has 6 heterocycles. The Bertz CT molecular complexity index is 2320. The van der Waals surface area contributed by atoms with E-state index in [9.17, 15) is 19.2 Å². The molecule has 4 aromatic heterocycles. The fourth-order valence-corrected chi connectivity index (χ4v) is 7.60. The minimum Gasteiger partial charge on any atom is -1.00 e. The van der Waals surface area contributed by atoms with Crippen molar-refractivity contribution in [3.63, 3.8) is 0 Å². The number of methoxy groups -OCH3 is 1. The normalized spacial score (nSPS) is 17.1. The number of fused-ring (bicyclic) bond motifs is 6. The number of hydrogen-bond donors (Lipinski definition) is 2. The maximum absolute atomic E-state index is 12.7. The van der Waals surface area contributed by atoms with Gasteiger partial charge in [0, 0.05) is 111 Å². The van der Waals surface area contributed by atoms with E-state index in [1.807, 2.05) is 12.1 Å². The zero-order valence-corrected chi connectivity index (χ0v) is 50.7. The molecule has 13 radical (unpaired) electrons. The Morgan fingerprint density at radius 3 is 1.48 bits per heavy atom. The van der Waals surface area contributed by atoms with Crippen molar-refractivity contribution in [2.45, 2.75) is 56.5 Å². The number of ether oxygens (including phenoxy) is 2. The van der Waals surface area contributed by atoms with Crippen LogP contribution in [0.15, 0.2) is 58.0 Å². The van der Waals surface area contributed by atoms with Crippen molar-refractivity contribution in [1.82, 2.24) is 19.9 Å². The Morgan fingerprint density at radius 1 is 0.778 bits per heavy atom. The van der Waals surface area contributed by atoms with Crippen LogP contribution >= 0.6 is 31.9 Å². The molecule has 2 atom stereocenters. The van der Waals surface area contributed by atoms with Gasteiger partial charge >= 0.3 is 150 Å². The summed E-state index contributed by atoms with van der Waals surface area (Å²) in [6, 6.07) is 7.33. The minimum atomic E-state index is -0.684. The summed E-state index contributed by atoms with van der Waals surface area (Å²) >= 11 is 6.84. The summed E-state index contributed by atoms with van der Waals surface area (Å²) in [6.45, 7) is 3.41. The Labute approximate surface area is 510 Å². The molecule has 297 valence electrons. The number of carbonyl (C=O) groups excluding carboxylic acids is 5. The predicted octanol–water partition coefficient (Wildman–Crippen LogP) is -6.06. The fourth-order valence-electron chi connectivity index (χ4n) is 6.93. The molecule has 0 unspecified atom stereocenters. The van der Waals surface area contributed by atoms with E-state index < -0.39 is 35.5 Å². The van der Waals surface area contributed by atoms with Gasteiger partial charge in [0.2, 0.25) is 11.8 Å². The maximum atomic E-state index is 12.7. The first kappa shape index (κ1) is 58.7. The molecule has 2 aliphatic heterocycles. The maximum Gasteiger partial charge on any atom is 1.00 e. The van der Waals surface area contributed by atoms with E-state index in [4.69, 9.17) is 42.7 Å². The van der Waals surface area contributed by atoms with Crippen LogP contribution in [0.1, 0.15) is 69.6 Å². The van der Waals surface area contributed by atoms with E-state index in [-0.39, 0.29) is 175 Å². The first-order valence-corrected chi connectivity index (χ1v) is 19.7. The third-order valence-corrected chi connectivity index (χ3v) is 10.3. The van der Waals surface area contributed by atoms with E-state index >= 15 is 0 Å². The van der Waals surface area contributed by atoms with Crippen molar-refractivity contribution in [2.24, 2.45) is 0 Å². The van der Waals surface area contributed by atoms with Gasteiger partial charge in [-0.15, -0.1) is 0 Å². The van der Waals surface area contributed by atoms with Crippen molar-refractivity contribution in [3.8, 4) is 0 Å². The number of halogens is 2. The van der Waals surface area contributed by atoms with Crippen LogP contribution in [0, 0.1) is 0 Å². The molecular formula is C35H30B9Br2Cs2N6O9. The van der Waals surface area contributed by atoms with Gasteiger partial charge < -0.3 is 31.7 Å². The molecular weight excluding hydrogens is 1170 g/mol. The topological polar surface area (TPSA) is 212 Å². The minimum absolute atomic E-state index is 0. The number of pyridine rings is 4. The second-order valence-corrected chi connectivity index (χ2v) is 15.9. The van der Waals surface area contributed by atoms with Gasteiger partial charge in [0.05, 0.1) is 24.0 Å². The molecule has 4 aromatic rings. The van der Waals surface area contributed by atoms with Crippen LogP contribution in [0.3, 0.4) is 0 Å². The van der Waals surface area contributed by atoms with Crippen LogP contribution in [0.2, 0.25) is 0 Å². The van der Waals surface area contributed by atoms with Gasteiger partial charge in [-0.05, 0) is 118 Å². The van der Waals surface area contributed by atoms with Gasteiger partial charge in [0.15, 0.2) is 0 Å². The van der Waals surface area contributed by atoms with Gasteiger partial charge in [-0.25, -0.2) is 29.5 Å². The molecule has 0 saturated carbocycles. The monoisotopic (exact) mass is 1200 g/mol. The molecule has 8 rings (SSSR count). The van der Waals surface area contributed by atoms with E-state index in [2.05, 4.69) is 90.5 Å². The van der Waals surface area contributed by atoms with E-state index in [1.54, 1.807) is 50.8 Å². The van der Waals surface area contributed by atoms with Crippen LogP contribution in [-0.2, 0) is 65.3 Å². The van der Waals surface area contributed by atoms with Crippen LogP contribution < -0.4 is 154 Å². The Kier molecular flexibility index (Phi) is 25.1. The molecule has 2 spiro atoms. The van der Waals surface area contributed by atoms with Crippen molar-refractivity contribution < 1.29 is 183 Å². The molecule has 0 fully saturated rings. The van der Waals surface area contributed by atoms with E-state index in [1.165, 1.54) is 14.2 Å². The number of aromatic nitrogens is 4. The molecule has 0 saturated heterocycles. The standard InChI is InChI=1S/C18H16BrN3O3.C16H12BrN3O3.CH2O3.B5.B4.2Cs.H/c1-9(2)25-16(23)14-3-10-5-18(6-11(10)7-20-14)13-4-12(19)8-21-15(13)22-17(18)24;1-23-14(21)12-2-8-4-16(5-9(8)6-18-12)11-3-10(17)7-19-13(11)20-15(16)22;2-1-4-3;1-4-5(2)3;1-4(2)3;;;/h3-4,7-9H,5-6H2,1-2H3,(H,21,22,24);2-3,6-7H,4-5H2,1H3,(H,19,20,22);1,3H;;;;;/q;;;;;2*+1;-1/p-1/t18-;16-;;;;;;/m00....../s1. The number of amides is 2. The molecule has 2 aliphatic carbocycles. The molecule has 4 aliphatic rings. The van der Waals surface area contributed by atoms with Gasteiger partial charge in [0.1, 0.15) is 23.0 Å². The Morgan fingerprint density at radius 2 is 1.14 bits per heavy atom. The molecule has 0 bridgehead atoms. The third kappa shape index (κ3) is 15.0. The molecule has 2 amide bonds. The van der Waals surface area contributed by atoms with Crippen LogP contribution in [0.25, 0.3) is 0 Å². The smallest absolute Gasteiger partial charge is 1.00 e. The zero-order chi connectivity index (χ0) is 45.2.